The number of aryl methyl sites for hydroxylation is 2. The number of nitrogens with zero attached hydrogens (tertiary/aromatic N) is 1. The van der Waals surface area contributed by atoms with E-state index < -0.39 is 0 Å². The standard InChI is InChI=1S/C16H16N2OS/c1-10-6-7-12(8-11(10)2)20-9-15-18-16-13(17)4-3-5-14(16)19-15/h3-8H,9,17H2,1-2H3. The third-order valence-corrected chi connectivity index (χ3v) is 4.31. The van der Waals surface area contributed by atoms with Crippen LogP contribution in [0.2, 0.25) is 0 Å². The zero-order valence-corrected chi connectivity index (χ0v) is 12.3. The van der Waals surface area contributed by atoms with Crippen LogP contribution < -0.4 is 5.73 Å². The van der Waals surface area contributed by atoms with Gasteiger partial charge in [0.15, 0.2) is 5.58 Å². The number of thioether (sulfide) groups is 1. The molecular weight excluding hydrogens is 268 g/mol. The van der Waals surface area contributed by atoms with Crippen molar-refractivity contribution in [1.29, 1.82) is 0 Å². The van der Waals surface area contributed by atoms with E-state index in [2.05, 4.69) is 37.0 Å². The number of nitrogens with two attached hydrogens (primary N) is 1. The molecule has 3 nitrogen and oxygen atoms in total. The second kappa shape index (κ2) is 5.21. The molecule has 0 bridgehead atoms. The van der Waals surface area contributed by atoms with Crippen molar-refractivity contribution in [1.82, 2.24) is 4.98 Å². The SMILES string of the molecule is Cc1ccc(SCc2nc3c(N)cccc3o2)cc1C. The Morgan fingerprint density at radius 1 is 1.15 bits per heavy atom. The topological polar surface area (TPSA) is 52.0 Å². The van der Waals surface area contributed by atoms with Crippen molar-refractivity contribution < 1.29 is 4.42 Å². The Balaban J connectivity index is 1.79. The van der Waals surface area contributed by atoms with E-state index in [4.69, 9.17) is 10.2 Å². The molecule has 0 amide bonds. The molecule has 0 aliphatic heterocycles. The van der Waals surface area contributed by atoms with Gasteiger partial charge in [-0.2, -0.15) is 0 Å². The quantitative estimate of drug-likeness (QED) is 0.575. The van der Waals surface area contributed by atoms with Crippen LogP contribution in [0.5, 0.6) is 0 Å². The molecule has 20 heavy (non-hydrogen) atoms. The molecule has 0 aliphatic carbocycles. The van der Waals surface area contributed by atoms with Gasteiger partial charge >= 0.3 is 0 Å². The summed E-state index contributed by atoms with van der Waals surface area (Å²) in [6.07, 6.45) is 0. The zero-order valence-electron chi connectivity index (χ0n) is 11.5. The third-order valence-electron chi connectivity index (χ3n) is 3.34. The van der Waals surface area contributed by atoms with E-state index in [1.165, 1.54) is 16.0 Å². The summed E-state index contributed by atoms with van der Waals surface area (Å²) >= 11 is 1.72. The fourth-order valence-corrected chi connectivity index (χ4v) is 2.86. The fraction of sp³-hybridized carbons (Fsp3) is 0.188. The van der Waals surface area contributed by atoms with Gasteiger partial charge in [0, 0.05) is 4.90 Å². The highest BCUT2D eigenvalue weighted by Gasteiger charge is 2.08. The molecule has 0 saturated heterocycles. The monoisotopic (exact) mass is 284 g/mol. The summed E-state index contributed by atoms with van der Waals surface area (Å²) in [4.78, 5) is 5.68. The van der Waals surface area contributed by atoms with Crippen molar-refractivity contribution in [2.24, 2.45) is 0 Å². The van der Waals surface area contributed by atoms with Gasteiger partial charge in [-0.15, -0.1) is 11.8 Å². The zero-order chi connectivity index (χ0) is 14.1. The summed E-state index contributed by atoms with van der Waals surface area (Å²) in [5.74, 6) is 1.41. The molecule has 102 valence electrons. The molecule has 0 radical (unpaired) electrons. The summed E-state index contributed by atoms with van der Waals surface area (Å²) in [7, 11) is 0. The Hall–Kier alpha value is -1.94. The first-order valence-electron chi connectivity index (χ1n) is 6.47. The van der Waals surface area contributed by atoms with E-state index >= 15 is 0 Å². The van der Waals surface area contributed by atoms with Crippen molar-refractivity contribution >= 4 is 28.5 Å². The van der Waals surface area contributed by atoms with E-state index in [1.54, 1.807) is 11.8 Å². The molecule has 3 aromatic rings. The second-order valence-electron chi connectivity index (χ2n) is 4.84. The Labute approximate surface area is 122 Å². The Bertz CT molecular complexity index is 764. The first kappa shape index (κ1) is 13.1. The average molecular weight is 284 g/mol. The summed E-state index contributed by atoms with van der Waals surface area (Å²) in [5, 5.41) is 0. The van der Waals surface area contributed by atoms with Crippen molar-refractivity contribution in [3.05, 3.63) is 53.4 Å². The molecule has 0 fully saturated rings. The number of anilines is 1. The molecule has 1 heterocycles. The largest absolute Gasteiger partial charge is 0.440 e. The minimum atomic E-state index is 0.661. The molecule has 0 atom stereocenters. The maximum atomic E-state index is 5.88. The van der Waals surface area contributed by atoms with Gasteiger partial charge in [0.1, 0.15) is 5.52 Å². The first-order valence-corrected chi connectivity index (χ1v) is 7.46. The molecule has 2 N–H and O–H groups in total. The predicted molar refractivity (Wildman–Crippen MR) is 83.9 cm³/mol. The lowest BCUT2D eigenvalue weighted by Crippen LogP contribution is -1.86. The van der Waals surface area contributed by atoms with E-state index in [1.807, 2.05) is 18.2 Å². The van der Waals surface area contributed by atoms with Gasteiger partial charge in [0.05, 0.1) is 11.4 Å². The van der Waals surface area contributed by atoms with Crippen molar-refractivity contribution in [3.63, 3.8) is 0 Å². The second-order valence-corrected chi connectivity index (χ2v) is 5.89. The van der Waals surface area contributed by atoms with Crippen LogP contribution in [0.15, 0.2) is 45.7 Å². The Kier molecular flexibility index (Phi) is 3.40. The minimum Gasteiger partial charge on any atom is -0.440 e. The van der Waals surface area contributed by atoms with E-state index in [-0.39, 0.29) is 0 Å². The Morgan fingerprint density at radius 3 is 2.75 bits per heavy atom. The molecular formula is C16H16N2OS. The molecule has 0 saturated carbocycles. The third kappa shape index (κ3) is 2.51. The van der Waals surface area contributed by atoms with Crippen LogP contribution in [0, 0.1) is 13.8 Å². The normalized spacial score (nSPS) is 11.1. The average Bonchev–Trinajstić information content (AvgIpc) is 2.85. The first-order chi connectivity index (χ1) is 9.63. The van der Waals surface area contributed by atoms with Gasteiger partial charge in [0.25, 0.3) is 0 Å². The van der Waals surface area contributed by atoms with Crippen LogP contribution in [0.3, 0.4) is 0 Å². The van der Waals surface area contributed by atoms with Gasteiger partial charge in [-0.05, 0) is 49.2 Å². The highest BCUT2D eigenvalue weighted by atomic mass is 32.2. The number of fused-ring (bicyclic) bond motifs is 1. The van der Waals surface area contributed by atoms with Crippen LogP contribution in [0.25, 0.3) is 11.1 Å². The number of nitrogen functional groups attached to an aromatic ring is 1. The molecule has 0 aliphatic rings. The van der Waals surface area contributed by atoms with Crippen molar-refractivity contribution in [3.8, 4) is 0 Å². The fourth-order valence-electron chi connectivity index (χ4n) is 2.03. The summed E-state index contributed by atoms with van der Waals surface area (Å²) in [5.41, 5.74) is 10.7. The maximum Gasteiger partial charge on any atom is 0.205 e. The molecule has 0 unspecified atom stereocenters. The number of hydrogen-bond acceptors (Lipinski definition) is 4. The molecule has 1 aromatic heterocycles. The van der Waals surface area contributed by atoms with Crippen LogP contribution >= 0.6 is 11.8 Å². The van der Waals surface area contributed by atoms with Crippen LogP contribution in [0.1, 0.15) is 17.0 Å². The number of para-hydroxylation sites is 1. The minimum absolute atomic E-state index is 0.661. The maximum absolute atomic E-state index is 5.88. The number of benzene rings is 2. The van der Waals surface area contributed by atoms with Gasteiger partial charge in [-0.3, -0.25) is 0 Å². The highest BCUT2D eigenvalue weighted by Crippen LogP contribution is 2.27. The van der Waals surface area contributed by atoms with E-state index in [0.717, 1.165) is 11.1 Å². The van der Waals surface area contributed by atoms with Crippen molar-refractivity contribution in [2.45, 2.75) is 24.5 Å². The number of aromatic nitrogens is 1. The summed E-state index contributed by atoms with van der Waals surface area (Å²) < 4.78 is 5.71. The molecule has 2 aromatic carbocycles. The molecule has 4 heteroatoms. The predicted octanol–water partition coefficient (Wildman–Crippen LogP) is 4.32. The highest BCUT2D eigenvalue weighted by molar-refractivity contribution is 7.98. The lowest BCUT2D eigenvalue weighted by Gasteiger charge is -2.03. The van der Waals surface area contributed by atoms with Crippen LogP contribution in [-0.4, -0.2) is 4.98 Å². The number of hydrogen-bond donors (Lipinski definition) is 1. The van der Waals surface area contributed by atoms with E-state index in [0.29, 0.717) is 17.3 Å². The number of oxazole rings is 1. The van der Waals surface area contributed by atoms with Crippen LogP contribution in [0.4, 0.5) is 5.69 Å². The lowest BCUT2D eigenvalue weighted by molar-refractivity contribution is 0.556. The lowest BCUT2D eigenvalue weighted by atomic mass is 10.1. The molecule has 3 rings (SSSR count). The van der Waals surface area contributed by atoms with Gasteiger partial charge in [-0.25, -0.2) is 4.98 Å². The van der Waals surface area contributed by atoms with E-state index in [9.17, 15) is 0 Å². The van der Waals surface area contributed by atoms with Crippen molar-refractivity contribution in [2.75, 3.05) is 5.73 Å². The Morgan fingerprint density at radius 2 is 2.00 bits per heavy atom. The summed E-state index contributed by atoms with van der Waals surface area (Å²) in [6.45, 7) is 4.24. The van der Waals surface area contributed by atoms with Gasteiger partial charge in [0.2, 0.25) is 5.89 Å². The van der Waals surface area contributed by atoms with Crippen LogP contribution in [-0.2, 0) is 5.75 Å². The number of rotatable bonds is 3. The smallest absolute Gasteiger partial charge is 0.205 e. The van der Waals surface area contributed by atoms with Gasteiger partial charge in [-0.1, -0.05) is 12.1 Å². The van der Waals surface area contributed by atoms with Gasteiger partial charge < -0.3 is 10.2 Å². The summed E-state index contributed by atoms with van der Waals surface area (Å²) in [6, 6.07) is 12.1. The molecule has 0 spiro atoms.